The van der Waals surface area contributed by atoms with Gasteiger partial charge in [0.25, 0.3) is 0 Å². The Morgan fingerprint density at radius 3 is 3.06 bits per heavy atom. The fourth-order valence-corrected chi connectivity index (χ4v) is 2.26. The Balaban J connectivity index is 2.07. The lowest BCUT2D eigenvalue weighted by Crippen LogP contribution is -2.17. The van der Waals surface area contributed by atoms with Crippen molar-refractivity contribution >= 4 is 0 Å². The summed E-state index contributed by atoms with van der Waals surface area (Å²) in [6, 6.07) is 6.60. The summed E-state index contributed by atoms with van der Waals surface area (Å²) in [5.41, 5.74) is 8.83. The van der Waals surface area contributed by atoms with Gasteiger partial charge in [0.2, 0.25) is 0 Å². The van der Waals surface area contributed by atoms with E-state index in [1.54, 1.807) is 0 Å². The van der Waals surface area contributed by atoms with Gasteiger partial charge in [-0.2, -0.15) is 0 Å². The smallest absolute Gasteiger partial charge is 0.119 e. The molecule has 94 valence electrons. The van der Waals surface area contributed by atoms with Gasteiger partial charge >= 0.3 is 0 Å². The largest absolute Gasteiger partial charge is 0.493 e. The van der Waals surface area contributed by atoms with E-state index < -0.39 is 0 Å². The average molecular weight is 233 g/mol. The molecule has 2 rings (SSSR count). The molecule has 2 heteroatoms. The summed E-state index contributed by atoms with van der Waals surface area (Å²) in [6.45, 7) is 5.20. The van der Waals surface area contributed by atoms with Crippen molar-refractivity contribution in [1.29, 1.82) is 0 Å². The molecule has 1 aromatic carbocycles. The predicted octanol–water partition coefficient (Wildman–Crippen LogP) is 3.45. The van der Waals surface area contributed by atoms with Crippen LogP contribution in [0.3, 0.4) is 0 Å². The van der Waals surface area contributed by atoms with Crippen molar-refractivity contribution in [3.63, 3.8) is 0 Å². The van der Waals surface area contributed by atoms with E-state index in [-0.39, 0.29) is 6.04 Å². The van der Waals surface area contributed by atoms with Crippen LogP contribution in [0.2, 0.25) is 0 Å². The molecule has 0 aromatic heterocycles. The van der Waals surface area contributed by atoms with Crippen LogP contribution >= 0.6 is 0 Å². The zero-order valence-electron chi connectivity index (χ0n) is 10.9. The average Bonchev–Trinajstić information content (AvgIpc) is 2.36. The number of rotatable bonds is 4. The summed E-state index contributed by atoms with van der Waals surface area (Å²) in [6.07, 6.45) is 4.63. The minimum atomic E-state index is 0.200. The SMILES string of the molecule is CCC(C)COc1ccc2c(c1)C(N)CCC2. The van der Waals surface area contributed by atoms with E-state index in [1.165, 1.54) is 17.5 Å². The van der Waals surface area contributed by atoms with Crippen molar-refractivity contribution in [2.45, 2.75) is 45.6 Å². The summed E-state index contributed by atoms with van der Waals surface area (Å²) in [5.74, 6) is 1.58. The molecule has 0 radical (unpaired) electrons. The molecule has 0 heterocycles. The maximum absolute atomic E-state index is 6.14. The molecule has 2 N–H and O–H groups in total. The third kappa shape index (κ3) is 3.01. The van der Waals surface area contributed by atoms with E-state index in [1.807, 2.05) is 0 Å². The number of fused-ring (bicyclic) bond motifs is 1. The molecule has 0 saturated heterocycles. The molecule has 0 spiro atoms. The second-order valence-electron chi connectivity index (χ2n) is 5.18. The number of hydrogen-bond acceptors (Lipinski definition) is 2. The minimum absolute atomic E-state index is 0.200. The van der Waals surface area contributed by atoms with E-state index in [2.05, 4.69) is 32.0 Å². The van der Waals surface area contributed by atoms with Gasteiger partial charge in [-0.1, -0.05) is 26.3 Å². The molecule has 2 atom stereocenters. The maximum Gasteiger partial charge on any atom is 0.119 e. The maximum atomic E-state index is 6.14. The molecule has 0 aliphatic heterocycles. The van der Waals surface area contributed by atoms with Gasteiger partial charge in [0.05, 0.1) is 6.61 Å². The van der Waals surface area contributed by atoms with E-state index in [4.69, 9.17) is 10.5 Å². The molecule has 0 bridgehead atoms. The van der Waals surface area contributed by atoms with E-state index in [9.17, 15) is 0 Å². The Bertz CT molecular complexity index is 375. The van der Waals surface area contributed by atoms with Gasteiger partial charge in [-0.15, -0.1) is 0 Å². The first kappa shape index (κ1) is 12.4. The molecule has 1 aliphatic carbocycles. The number of hydrogen-bond donors (Lipinski definition) is 1. The Morgan fingerprint density at radius 2 is 2.29 bits per heavy atom. The predicted molar refractivity (Wildman–Crippen MR) is 71.3 cm³/mol. The fraction of sp³-hybridized carbons (Fsp3) is 0.600. The summed E-state index contributed by atoms with van der Waals surface area (Å²) in [5, 5.41) is 0. The molecule has 1 aromatic rings. The van der Waals surface area contributed by atoms with Gasteiger partial charge in [0.15, 0.2) is 0 Å². The highest BCUT2D eigenvalue weighted by molar-refractivity contribution is 5.39. The zero-order valence-corrected chi connectivity index (χ0v) is 10.9. The van der Waals surface area contributed by atoms with Crippen LogP contribution in [0.25, 0.3) is 0 Å². The van der Waals surface area contributed by atoms with Gasteiger partial charge in [0, 0.05) is 6.04 Å². The first-order chi connectivity index (χ1) is 8.20. The molecule has 0 amide bonds. The van der Waals surface area contributed by atoms with E-state index >= 15 is 0 Å². The number of aryl methyl sites for hydroxylation is 1. The first-order valence-corrected chi connectivity index (χ1v) is 6.72. The molecular weight excluding hydrogens is 210 g/mol. The molecule has 1 aliphatic rings. The van der Waals surface area contributed by atoms with Crippen LogP contribution in [-0.2, 0) is 6.42 Å². The van der Waals surface area contributed by atoms with Crippen LogP contribution in [0.5, 0.6) is 5.75 Å². The van der Waals surface area contributed by atoms with E-state index in [0.29, 0.717) is 5.92 Å². The Kier molecular flexibility index (Phi) is 4.06. The van der Waals surface area contributed by atoms with Crippen molar-refractivity contribution in [1.82, 2.24) is 0 Å². The van der Waals surface area contributed by atoms with Crippen LogP contribution in [-0.4, -0.2) is 6.61 Å². The van der Waals surface area contributed by atoms with Crippen LogP contribution in [0, 0.1) is 5.92 Å². The van der Waals surface area contributed by atoms with Crippen molar-refractivity contribution in [3.05, 3.63) is 29.3 Å². The lowest BCUT2D eigenvalue weighted by Gasteiger charge is -2.23. The number of ether oxygens (including phenoxy) is 1. The summed E-state index contributed by atoms with van der Waals surface area (Å²) >= 11 is 0. The van der Waals surface area contributed by atoms with Gasteiger partial charge in [-0.05, 0) is 48.4 Å². The fourth-order valence-electron chi connectivity index (χ4n) is 2.26. The quantitative estimate of drug-likeness (QED) is 0.864. The van der Waals surface area contributed by atoms with Gasteiger partial charge < -0.3 is 10.5 Å². The molecule has 2 unspecified atom stereocenters. The van der Waals surface area contributed by atoms with Gasteiger partial charge in [-0.3, -0.25) is 0 Å². The molecule has 0 saturated carbocycles. The van der Waals surface area contributed by atoms with Crippen molar-refractivity contribution < 1.29 is 4.74 Å². The first-order valence-electron chi connectivity index (χ1n) is 6.72. The molecular formula is C15H23NO. The number of benzene rings is 1. The topological polar surface area (TPSA) is 35.2 Å². The lowest BCUT2D eigenvalue weighted by molar-refractivity contribution is 0.256. The highest BCUT2D eigenvalue weighted by Gasteiger charge is 2.17. The second kappa shape index (κ2) is 5.54. The minimum Gasteiger partial charge on any atom is -0.493 e. The van der Waals surface area contributed by atoms with Crippen molar-refractivity contribution in [2.75, 3.05) is 6.61 Å². The Morgan fingerprint density at radius 1 is 1.47 bits per heavy atom. The lowest BCUT2D eigenvalue weighted by atomic mass is 9.88. The van der Waals surface area contributed by atoms with E-state index in [0.717, 1.165) is 31.6 Å². The molecule has 17 heavy (non-hydrogen) atoms. The normalized spacial score (nSPS) is 20.8. The number of nitrogens with two attached hydrogens (primary N) is 1. The highest BCUT2D eigenvalue weighted by atomic mass is 16.5. The zero-order chi connectivity index (χ0) is 12.3. The van der Waals surface area contributed by atoms with Gasteiger partial charge in [0.1, 0.15) is 5.75 Å². The Labute approximate surface area is 104 Å². The highest BCUT2D eigenvalue weighted by Crippen LogP contribution is 2.30. The third-order valence-electron chi connectivity index (χ3n) is 3.71. The third-order valence-corrected chi connectivity index (χ3v) is 3.71. The summed E-state index contributed by atoms with van der Waals surface area (Å²) in [4.78, 5) is 0. The Hall–Kier alpha value is -1.02. The monoisotopic (exact) mass is 233 g/mol. The van der Waals surface area contributed by atoms with Crippen molar-refractivity contribution in [2.24, 2.45) is 11.7 Å². The van der Waals surface area contributed by atoms with Crippen LogP contribution < -0.4 is 10.5 Å². The van der Waals surface area contributed by atoms with Gasteiger partial charge in [-0.25, -0.2) is 0 Å². The molecule has 2 nitrogen and oxygen atoms in total. The van der Waals surface area contributed by atoms with Crippen molar-refractivity contribution in [3.8, 4) is 5.75 Å². The standard InChI is InChI=1S/C15H23NO/c1-3-11(2)10-17-13-8-7-12-5-4-6-15(16)14(12)9-13/h7-9,11,15H,3-6,10,16H2,1-2H3. The molecule has 0 fully saturated rings. The van der Waals surface area contributed by atoms with Crippen LogP contribution in [0.1, 0.15) is 50.3 Å². The van der Waals surface area contributed by atoms with Crippen LogP contribution in [0.4, 0.5) is 0 Å². The van der Waals surface area contributed by atoms with Crippen LogP contribution in [0.15, 0.2) is 18.2 Å². The summed E-state index contributed by atoms with van der Waals surface area (Å²) in [7, 11) is 0. The second-order valence-corrected chi connectivity index (χ2v) is 5.18. The summed E-state index contributed by atoms with van der Waals surface area (Å²) < 4.78 is 5.82.